The van der Waals surface area contributed by atoms with Crippen molar-refractivity contribution in [3.63, 3.8) is 0 Å². The van der Waals surface area contributed by atoms with Crippen LogP contribution >= 0.6 is 0 Å². The van der Waals surface area contributed by atoms with E-state index in [0.29, 0.717) is 5.69 Å². The molecule has 20 heavy (non-hydrogen) atoms. The molecule has 1 aromatic carbocycles. The van der Waals surface area contributed by atoms with Crippen LogP contribution < -0.4 is 5.73 Å². The fraction of sp³-hybridized carbons (Fsp3) is 0. The third-order valence-electron chi connectivity index (χ3n) is 2.76. The quantitative estimate of drug-likeness (QED) is 0.777. The first-order valence-corrected chi connectivity index (χ1v) is 5.64. The van der Waals surface area contributed by atoms with Crippen LogP contribution in [-0.2, 0) is 0 Å². The summed E-state index contributed by atoms with van der Waals surface area (Å²) in [7, 11) is 0. The zero-order chi connectivity index (χ0) is 14.1. The van der Waals surface area contributed by atoms with Crippen molar-refractivity contribution in [2.45, 2.75) is 0 Å². The number of hydrogen-bond acceptors (Lipinski definition) is 5. The van der Waals surface area contributed by atoms with Crippen molar-refractivity contribution in [2.75, 3.05) is 5.73 Å². The van der Waals surface area contributed by atoms with Crippen molar-refractivity contribution in [1.82, 2.24) is 15.1 Å². The summed E-state index contributed by atoms with van der Waals surface area (Å²) >= 11 is 0. The molecule has 0 aliphatic rings. The van der Waals surface area contributed by atoms with Gasteiger partial charge in [-0.15, -0.1) is 0 Å². The minimum absolute atomic E-state index is 0.0307. The number of aromatic nitrogens is 3. The lowest BCUT2D eigenvalue weighted by molar-refractivity contribution is 0.438. The Balaban J connectivity index is 2.27. The summed E-state index contributed by atoms with van der Waals surface area (Å²) in [6, 6.07) is 5.08. The molecule has 2 N–H and O–H groups in total. The van der Waals surface area contributed by atoms with Crippen molar-refractivity contribution in [2.24, 2.45) is 0 Å². The molecule has 2 aromatic heterocycles. The topological polar surface area (TPSA) is 77.8 Å². The Morgan fingerprint density at radius 2 is 1.80 bits per heavy atom. The first-order chi connectivity index (χ1) is 9.68. The van der Waals surface area contributed by atoms with E-state index in [1.807, 2.05) is 0 Å². The normalized spacial score (nSPS) is 10.7. The van der Waals surface area contributed by atoms with Crippen molar-refractivity contribution in [3.05, 3.63) is 48.4 Å². The number of anilines is 1. The van der Waals surface area contributed by atoms with Crippen LogP contribution in [0.3, 0.4) is 0 Å². The molecule has 0 spiro atoms. The number of hydrogen-bond donors (Lipinski definition) is 1. The van der Waals surface area contributed by atoms with Gasteiger partial charge in [-0.3, -0.25) is 0 Å². The molecule has 0 saturated carbocycles. The Bertz CT molecular complexity index is 738. The van der Waals surface area contributed by atoms with E-state index in [2.05, 4.69) is 15.1 Å². The second kappa shape index (κ2) is 4.69. The van der Waals surface area contributed by atoms with Crippen molar-refractivity contribution < 1.29 is 13.3 Å². The average Bonchev–Trinajstić information content (AvgIpc) is 2.81. The predicted octanol–water partition coefficient (Wildman–Crippen LogP) is 2.66. The largest absolute Gasteiger partial charge is 0.367 e. The summed E-state index contributed by atoms with van der Waals surface area (Å²) in [6.45, 7) is 0. The van der Waals surface area contributed by atoms with Gasteiger partial charge >= 0.3 is 0 Å². The van der Waals surface area contributed by atoms with E-state index in [-0.39, 0.29) is 22.7 Å². The van der Waals surface area contributed by atoms with E-state index >= 15 is 0 Å². The first-order valence-electron chi connectivity index (χ1n) is 5.64. The molecular formula is C13H8F2N4O. The van der Waals surface area contributed by atoms with Crippen LogP contribution in [0.2, 0.25) is 0 Å². The SMILES string of the molecule is Nc1onc(-c2c(F)cccc2F)c1-c1ccncn1. The Labute approximate surface area is 112 Å². The molecule has 5 nitrogen and oxygen atoms in total. The molecule has 0 aliphatic carbocycles. The molecule has 100 valence electrons. The molecule has 0 bridgehead atoms. The van der Waals surface area contributed by atoms with Gasteiger partial charge in [0, 0.05) is 6.20 Å². The number of nitrogens with two attached hydrogens (primary N) is 1. The van der Waals surface area contributed by atoms with Crippen LogP contribution in [0.25, 0.3) is 22.5 Å². The predicted molar refractivity (Wildman–Crippen MR) is 67.3 cm³/mol. The van der Waals surface area contributed by atoms with Crippen molar-refractivity contribution >= 4 is 5.88 Å². The molecule has 3 aromatic rings. The lowest BCUT2D eigenvalue weighted by Gasteiger charge is -2.04. The van der Waals surface area contributed by atoms with E-state index in [9.17, 15) is 8.78 Å². The van der Waals surface area contributed by atoms with Crippen LogP contribution in [0.5, 0.6) is 0 Å². The Morgan fingerprint density at radius 3 is 2.45 bits per heavy atom. The molecule has 3 rings (SSSR count). The minimum Gasteiger partial charge on any atom is -0.367 e. The van der Waals surface area contributed by atoms with Gasteiger partial charge in [0.2, 0.25) is 5.88 Å². The van der Waals surface area contributed by atoms with E-state index in [1.54, 1.807) is 6.07 Å². The van der Waals surface area contributed by atoms with Gasteiger partial charge < -0.3 is 10.3 Å². The number of halogens is 2. The van der Waals surface area contributed by atoms with Crippen LogP contribution in [0.4, 0.5) is 14.7 Å². The van der Waals surface area contributed by atoms with E-state index in [1.165, 1.54) is 18.6 Å². The zero-order valence-corrected chi connectivity index (χ0v) is 10.0. The highest BCUT2D eigenvalue weighted by molar-refractivity contribution is 5.85. The lowest BCUT2D eigenvalue weighted by atomic mass is 10.0. The number of benzene rings is 1. The first kappa shape index (κ1) is 12.2. The van der Waals surface area contributed by atoms with Gasteiger partial charge in [-0.25, -0.2) is 18.7 Å². The average molecular weight is 274 g/mol. The highest BCUT2D eigenvalue weighted by atomic mass is 19.1. The summed E-state index contributed by atoms with van der Waals surface area (Å²) in [4.78, 5) is 7.76. The summed E-state index contributed by atoms with van der Waals surface area (Å²) in [5.74, 6) is -1.58. The summed E-state index contributed by atoms with van der Waals surface area (Å²) in [5, 5.41) is 3.64. The van der Waals surface area contributed by atoms with Gasteiger partial charge in [-0.2, -0.15) is 0 Å². The molecule has 0 radical (unpaired) electrons. The highest BCUT2D eigenvalue weighted by Crippen LogP contribution is 2.37. The van der Waals surface area contributed by atoms with Crippen molar-refractivity contribution in [1.29, 1.82) is 0 Å². The Hall–Kier alpha value is -2.83. The van der Waals surface area contributed by atoms with Gasteiger partial charge in [0.05, 0.1) is 16.8 Å². The number of rotatable bonds is 2. The van der Waals surface area contributed by atoms with Gasteiger partial charge in [0.25, 0.3) is 0 Å². The fourth-order valence-corrected chi connectivity index (χ4v) is 1.88. The Morgan fingerprint density at radius 1 is 1.05 bits per heavy atom. The van der Waals surface area contributed by atoms with Gasteiger partial charge in [0.1, 0.15) is 23.7 Å². The molecule has 0 saturated heterocycles. The van der Waals surface area contributed by atoms with E-state index in [0.717, 1.165) is 12.1 Å². The fourth-order valence-electron chi connectivity index (χ4n) is 1.88. The van der Waals surface area contributed by atoms with Crippen molar-refractivity contribution in [3.8, 4) is 22.5 Å². The van der Waals surface area contributed by atoms with Crippen LogP contribution in [0.15, 0.2) is 41.3 Å². The maximum Gasteiger partial charge on any atom is 0.232 e. The van der Waals surface area contributed by atoms with Crippen LogP contribution in [0, 0.1) is 11.6 Å². The maximum atomic E-state index is 13.8. The highest BCUT2D eigenvalue weighted by Gasteiger charge is 2.23. The van der Waals surface area contributed by atoms with Crippen LogP contribution in [0.1, 0.15) is 0 Å². The molecule has 0 aliphatic heterocycles. The third kappa shape index (κ3) is 1.89. The smallest absolute Gasteiger partial charge is 0.232 e. The summed E-state index contributed by atoms with van der Waals surface area (Å²) in [5.41, 5.74) is 5.95. The second-order valence-corrected chi connectivity index (χ2v) is 3.96. The standard InChI is InChI=1S/C13H8F2N4O/c14-7-2-1-3-8(15)10(7)12-11(13(16)20-19-12)9-4-5-17-6-18-9/h1-6H,16H2. The minimum atomic E-state index is -0.756. The second-order valence-electron chi connectivity index (χ2n) is 3.96. The molecule has 0 fully saturated rings. The molecule has 0 atom stereocenters. The molecule has 7 heteroatoms. The maximum absolute atomic E-state index is 13.8. The van der Waals surface area contributed by atoms with Crippen LogP contribution in [-0.4, -0.2) is 15.1 Å². The van der Waals surface area contributed by atoms with Gasteiger partial charge in [-0.1, -0.05) is 11.2 Å². The summed E-state index contributed by atoms with van der Waals surface area (Å²) < 4.78 is 32.5. The molecule has 0 amide bonds. The Kier molecular flexibility index (Phi) is 2.86. The molecular weight excluding hydrogens is 266 g/mol. The monoisotopic (exact) mass is 274 g/mol. The molecule has 0 unspecified atom stereocenters. The summed E-state index contributed by atoms with van der Waals surface area (Å²) in [6.07, 6.45) is 2.78. The van der Waals surface area contributed by atoms with Gasteiger partial charge in [-0.05, 0) is 18.2 Å². The molecule has 2 heterocycles. The number of nitrogens with zero attached hydrogens (tertiary/aromatic N) is 3. The van der Waals surface area contributed by atoms with E-state index < -0.39 is 11.6 Å². The lowest BCUT2D eigenvalue weighted by Crippen LogP contribution is -1.94. The third-order valence-corrected chi connectivity index (χ3v) is 2.76. The van der Waals surface area contributed by atoms with Gasteiger partial charge in [0.15, 0.2) is 0 Å². The van der Waals surface area contributed by atoms with E-state index in [4.69, 9.17) is 10.3 Å². The number of nitrogen functional groups attached to an aromatic ring is 1. The zero-order valence-electron chi connectivity index (χ0n) is 10.0.